The molecule has 2 aromatic carbocycles. The third-order valence-electron chi connectivity index (χ3n) is 4.14. The van der Waals surface area contributed by atoms with E-state index in [9.17, 15) is 9.18 Å². The molecular formula is C19H21FN2O2. The van der Waals surface area contributed by atoms with E-state index in [2.05, 4.69) is 16.3 Å². The van der Waals surface area contributed by atoms with E-state index in [0.29, 0.717) is 12.1 Å². The van der Waals surface area contributed by atoms with Gasteiger partial charge in [-0.15, -0.1) is 0 Å². The maximum absolute atomic E-state index is 13.2. The summed E-state index contributed by atoms with van der Waals surface area (Å²) in [4.78, 5) is 14.5. The molecule has 0 spiro atoms. The van der Waals surface area contributed by atoms with Crippen molar-refractivity contribution in [2.45, 2.75) is 13.1 Å². The standard InChI is InChI=1S/C19H21FN2O2/c20-18-7-3-6-15(12-18)19(23)21-13-16-4-1-2-5-17(16)14-22-8-10-24-11-9-22/h1-7,12H,8-11,13-14H2,(H,21,23). The predicted octanol–water partition coefficient (Wildman–Crippen LogP) is 2.59. The fraction of sp³-hybridized carbons (Fsp3) is 0.316. The number of carbonyl (C=O) groups is 1. The summed E-state index contributed by atoms with van der Waals surface area (Å²) in [5.74, 6) is -0.675. The van der Waals surface area contributed by atoms with E-state index < -0.39 is 5.82 Å². The second-order valence-electron chi connectivity index (χ2n) is 5.85. The lowest BCUT2D eigenvalue weighted by Gasteiger charge is -2.27. The number of benzene rings is 2. The van der Waals surface area contributed by atoms with Crippen molar-refractivity contribution in [3.63, 3.8) is 0 Å². The van der Waals surface area contributed by atoms with Crippen LogP contribution in [0, 0.1) is 5.82 Å². The van der Waals surface area contributed by atoms with Crippen molar-refractivity contribution in [3.05, 3.63) is 71.0 Å². The van der Waals surface area contributed by atoms with Gasteiger partial charge >= 0.3 is 0 Å². The summed E-state index contributed by atoms with van der Waals surface area (Å²) >= 11 is 0. The van der Waals surface area contributed by atoms with Gasteiger partial charge in [-0.1, -0.05) is 30.3 Å². The molecule has 0 aromatic heterocycles. The Balaban J connectivity index is 1.63. The minimum absolute atomic E-state index is 0.268. The van der Waals surface area contributed by atoms with Crippen LogP contribution in [0.5, 0.6) is 0 Å². The Kier molecular flexibility index (Phi) is 5.56. The van der Waals surface area contributed by atoms with Crippen LogP contribution < -0.4 is 5.32 Å². The van der Waals surface area contributed by atoms with E-state index in [4.69, 9.17) is 4.74 Å². The molecule has 1 saturated heterocycles. The molecule has 2 aromatic rings. The first-order valence-electron chi connectivity index (χ1n) is 8.13. The number of hydrogen-bond acceptors (Lipinski definition) is 3. The molecule has 1 heterocycles. The lowest BCUT2D eigenvalue weighted by molar-refractivity contribution is 0.0340. The van der Waals surface area contributed by atoms with Gasteiger partial charge in [0.15, 0.2) is 0 Å². The van der Waals surface area contributed by atoms with E-state index in [0.717, 1.165) is 38.4 Å². The van der Waals surface area contributed by atoms with Gasteiger partial charge in [0, 0.05) is 31.7 Å². The minimum Gasteiger partial charge on any atom is -0.379 e. The maximum Gasteiger partial charge on any atom is 0.251 e. The first-order chi connectivity index (χ1) is 11.7. The molecular weight excluding hydrogens is 307 g/mol. The Morgan fingerprint density at radius 2 is 1.83 bits per heavy atom. The fourth-order valence-corrected chi connectivity index (χ4v) is 2.79. The predicted molar refractivity (Wildman–Crippen MR) is 90.1 cm³/mol. The zero-order valence-electron chi connectivity index (χ0n) is 13.5. The summed E-state index contributed by atoms with van der Waals surface area (Å²) in [5, 5.41) is 2.87. The number of morpholine rings is 1. The first-order valence-corrected chi connectivity index (χ1v) is 8.13. The molecule has 1 fully saturated rings. The summed E-state index contributed by atoms with van der Waals surface area (Å²) in [7, 11) is 0. The Bertz CT molecular complexity index is 699. The van der Waals surface area contributed by atoms with Crippen LogP contribution in [0.4, 0.5) is 4.39 Å². The molecule has 0 unspecified atom stereocenters. The van der Waals surface area contributed by atoms with Gasteiger partial charge in [-0.3, -0.25) is 9.69 Å². The van der Waals surface area contributed by atoms with Crippen LogP contribution in [0.15, 0.2) is 48.5 Å². The fourth-order valence-electron chi connectivity index (χ4n) is 2.79. The summed E-state index contributed by atoms with van der Waals surface area (Å²) in [6.07, 6.45) is 0. The molecule has 0 saturated carbocycles. The summed E-state index contributed by atoms with van der Waals surface area (Å²) in [6.45, 7) is 4.64. The van der Waals surface area contributed by atoms with Gasteiger partial charge in [0.2, 0.25) is 0 Å². The second kappa shape index (κ2) is 8.04. The number of ether oxygens (including phenoxy) is 1. The van der Waals surface area contributed by atoms with Crippen molar-refractivity contribution in [1.82, 2.24) is 10.2 Å². The van der Waals surface area contributed by atoms with Crippen molar-refractivity contribution < 1.29 is 13.9 Å². The lowest BCUT2D eigenvalue weighted by Crippen LogP contribution is -2.36. The number of rotatable bonds is 5. The van der Waals surface area contributed by atoms with E-state index in [1.54, 1.807) is 6.07 Å². The molecule has 0 atom stereocenters. The zero-order chi connectivity index (χ0) is 16.8. The van der Waals surface area contributed by atoms with Crippen LogP contribution >= 0.6 is 0 Å². The highest BCUT2D eigenvalue weighted by Crippen LogP contribution is 2.13. The van der Waals surface area contributed by atoms with Crippen LogP contribution in [0.25, 0.3) is 0 Å². The third-order valence-corrected chi connectivity index (χ3v) is 4.14. The topological polar surface area (TPSA) is 41.6 Å². The Hall–Kier alpha value is -2.24. The van der Waals surface area contributed by atoms with Crippen LogP contribution in [0.1, 0.15) is 21.5 Å². The third kappa shape index (κ3) is 4.40. The van der Waals surface area contributed by atoms with E-state index in [-0.39, 0.29) is 5.91 Å². The van der Waals surface area contributed by atoms with Crippen LogP contribution in [-0.2, 0) is 17.8 Å². The van der Waals surface area contributed by atoms with Crippen molar-refractivity contribution in [2.75, 3.05) is 26.3 Å². The molecule has 0 radical (unpaired) electrons. The van der Waals surface area contributed by atoms with Crippen molar-refractivity contribution >= 4 is 5.91 Å². The number of halogens is 1. The van der Waals surface area contributed by atoms with Gasteiger partial charge in [-0.25, -0.2) is 4.39 Å². The maximum atomic E-state index is 13.2. The minimum atomic E-state index is -0.407. The van der Waals surface area contributed by atoms with Gasteiger partial charge < -0.3 is 10.1 Å². The van der Waals surface area contributed by atoms with Gasteiger partial charge in [0.1, 0.15) is 5.82 Å². The van der Waals surface area contributed by atoms with Crippen molar-refractivity contribution in [2.24, 2.45) is 0 Å². The SMILES string of the molecule is O=C(NCc1ccccc1CN1CCOCC1)c1cccc(F)c1. The molecule has 0 bridgehead atoms. The number of carbonyl (C=O) groups excluding carboxylic acids is 1. The number of nitrogens with zero attached hydrogens (tertiary/aromatic N) is 1. The molecule has 1 amide bonds. The zero-order valence-corrected chi connectivity index (χ0v) is 13.5. The van der Waals surface area contributed by atoms with E-state index in [1.165, 1.54) is 23.8 Å². The highest BCUT2D eigenvalue weighted by atomic mass is 19.1. The van der Waals surface area contributed by atoms with Gasteiger partial charge in [0.05, 0.1) is 13.2 Å². The number of nitrogens with one attached hydrogen (secondary N) is 1. The number of hydrogen-bond donors (Lipinski definition) is 1. The molecule has 1 N–H and O–H groups in total. The average Bonchev–Trinajstić information content (AvgIpc) is 2.61. The van der Waals surface area contributed by atoms with Crippen LogP contribution in [0.2, 0.25) is 0 Å². The summed E-state index contributed by atoms with van der Waals surface area (Å²) < 4.78 is 18.6. The second-order valence-corrected chi connectivity index (χ2v) is 5.85. The van der Waals surface area contributed by atoms with Gasteiger partial charge in [-0.2, -0.15) is 0 Å². The molecule has 5 heteroatoms. The van der Waals surface area contributed by atoms with Gasteiger partial charge in [0.25, 0.3) is 5.91 Å². The van der Waals surface area contributed by atoms with Crippen LogP contribution in [-0.4, -0.2) is 37.1 Å². The lowest BCUT2D eigenvalue weighted by atomic mass is 10.1. The Labute approximate surface area is 141 Å². The smallest absolute Gasteiger partial charge is 0.251 e. The van der Waals surface area contributed by atoms with Crippen molar-refractivity contribution in [1.29, 1.82) is 0 Å². The molecule has 3 rings (SSSR count). The highest BCUT2D eigenvalue weighted by molar-refractivity contribution is 5.94. The molecule has 0 aliphatic carbocycles. The summed E-state index contributed by atoms with van der Waals surface area (Å²) in [5.41, 5.74) is 2.60. The first kappa shape index (κ1) is 16.6. The number of amides is 1. The monoisotopic (exact) mass is 328 g/mol. The molecule has 1 aliphatic rings. The van der Waals surface area contributed by atoms with E-state index in [1.807, 2.05) is 18.2 Å². The largest absolute Gasteiger partial charge is 0.379 e. The normalized spacial score (nSPS) is 15.2. The molecule has 1 aliphatic heterocycles. The van der Waals surface area contributed by atoms with E-state index >= 15 is 0 Å². The van der Waals surface area contributed by atoms with Crippen molar-refractivity contribution in [3.8, 4) is 0 Å². The quantitative estimate of drug-likeness (QED) is 0.917. The Morgan fingerprint density at radius 1 is 1.08 bits per heavy atom. The highest BCUT2D eigenvalue weighted by Gasteiger charge is 2.13. The Morgan fingerprint density at radius 3 is 2.58 bits per heavy atom. The average molecular weight is 328 g/mol. The van der Waals surface area contributed by atoms with Crippen LogP contribution in [0.3, 0.4) is 0 Å². The molecule has 126 valence electrons. The summed E-state index contributed by atoms with van der Waals surface area (Å²) in [6, 6.07) is 13.8. The molecule has 4 nitrogen and oxygen atoms in total. The molecule has 24 heavy (non-hydrogen) atoms. The van der Waals surface area contributed by atoms with Gasteiger partial charge in [-0.05, 0) is 29.3 Å².